The lowest BCUT2D eigenvalue weighted by molar-refractivity contribution is 0.202. The fraction of sp³-hybridized carbons (Fsp3) is 0.588. The maximum atomic E-state index is 12.0. The van der Waals surface area contributed by atoms with Crippen LogP contribution in [-0.4, -0.2) is 61.9 Å². The Kier molecular flexibility index (Phi) is 8.35. The Morgan fingerprint density at radius 1 is 1.23 bits per heavy atom. The average Bonchev–Trinajstić information content (AvgIpc) is 2.44. The van der Waals surface area contributed by atoms with Gasteiger partial charge in [-0.3, -0.25) is 0 Å². The second-order valence-corrected chi connectivity index (χ2v) is 7.22. The largest absolute Gasteiger partial charge is 0.334 e. The number of nitrogens with zero attached hydrogens (tertiary/aromatic N) is 2. The van der Waals surface area contributed by atoms with Crippen LogP contribution in [0.3, 0.4) is 0 Å². The molecular weight excluding hydrogens is 294 g/mol. The van der Waals surface area contributed by atoms with Gasteiger partial charge in [-0.15, -0.1) is 11.8 Å². The molecule has 0 unspecified atom stereocenters. The highest BCUT2D eigenvalue weighted by molar-refractivity contribution is 7.99. The Bertz CT molecular complexity index is 448. The van der Waals surface area contributed by atoms with Gasteiger partial charge in [-0.1, -0.05) is 17.7 Å². The van der Waals surface area contributed by atoms with E-state index in [1.54, 1.807) is 4.90 Å². The summed E-state index contributed by atoms with van der Waals surface area (Å²) < 4.78 is 0. The van der Waals surface area contributed by atoms with Crippen molar-refractivity contribution in [1.29, 1.82) is 0 Å². The molecule has 1 aromatic carbocycles. The molecule has 4 nitrogen and oxygen atoms in total. The zero-order valence-corrected chi connectivity index (χ0v) is 15.2. The first-order chi connectivity index (χ1) is 10.4. The summed E-state index contributed by atoms with van der Waals surface area (Å²) >= 11 is 1.84. The molecule has 1 atom stereocenters. The van der Waals surface area contributed by atoms with E-state index in [0.717, 1.165) is 25.3 Å². The molecule has 0 bridgehead atoms. The number of hydrogen-bond acceptors (Lipinski definition) is 3. The number of likely N-dealkylation sites (N-methyl/N-ethyl adjacent to an activating group) is 1. The molecule has 22 heavy (non-hydrogen) atoms. The fourth-order valence-corrected chi connectivity index (χ4v) is 2.98. The van der Waals surface area contributed by atoms with Gasteiger partial charge in [0.1, 0.15) is 0 Å². The predicted octanol–water partition coefficient (Wildman–Crippen LogP) is 3.07. The van der Waals surface area contributed by atoms with Crippen molar-refractivity contribution in [2.45, 2.75) is 31.2 Å². The number of urea groups is 1. The minimum atomic E-state index is 0.00897. The maximum absolute atomic E-state index is 12.0. The van der Waals surface area contributed by atoms with Gasteiger partial charge < -0.3 is 15.1 Å². The lowest BCUT2D eigenvalue weighted by Gasteiger charge is -2.23. The standard InChI is InChI=1S/C17H29N3OS/c1-14-7-9-16(10-8-14)22-12-6-11-20(5)17(21)18-15(2)13-19(3)4/h7-10,15H,6,11-13H2,1-5H3,(H,18,21)/t15-/m0/s1. The van der Waals surface area contributed by atoms with Crippen molar-refractivity contribution in [3.63, 3.8) is 0 Å². The van der Waals surface area contributed by atoms with E-state index in [4.69, 9.17) is 0 Å². The van der Waals surface area contributed by atoms with Crippen molar-refractivity contribution in [3.05, 3.63) is 29.8 Å². The van der Waals surface area contributed by atoms with Gasteiger partial charge >= 0.3 is 6.03 Å². The SMILES string of the molecule is Cc1ccc(SCCCN(C)C(=O)N[C@@H](C)CN(C)C)cc1. The lowest BCUT2D eigenvalue weighted by atomic mass is 10.2. The molecule has 0 fully saturated rings. The predicted molar refractivity (Wildman–Crippen MR) is 95.7 cm³/mol. The van der Waals surface area contributed by atoms with Gasteiger partial charge in [-0.25, -0.2) is 4.79 Å². The minimum Gasteiger partial charge on any atom is -0.334 e. The highest BCUT2D eigenvalue weighted by Gasteiger charge is 2.12. The Morgan fingerprint density at radius 3 is 2.45 bits per heavy atom. The molecule has 1 N–H and O–H groups in total. The lowest BCUT2D eigenvalue weighted by Crippen LogP contribution is -2.45. The van der Waals surface area contributed by atoms with Crippen molar-refractivity contribution >= 4 is 17.8 Å². The number of hydrogen-bond donors (Lipinski definition) is 1. The van der Waals surface area contributed by atoms with E-state index in [1.165, 1.54) is 10.5 Å². The van der Waals surface area contributed by atoms with Crippen LogP contribution in [0.5, 0.6) is 0 Å². The van der Waals surface area contributed by atoms with Gasteiger partial charge in [0.2, 0.25) is 0 Å². The van der Waals surface area contributed by atoms with Crippen LogP contribution in [0.4, 0.5) is 4.79 Å². The third-order valence-corrected chi connectivity index (χ3v) is 4.38. The van der Waals surface area contributed by atoms with Crippen LogP contribution >= 0.6 is 11.8 Å². The number of carbonyl (C=O) groups is 1. The van der Waals surface area contributed by atoms with Crippen LogP contribution in [0.15, 0.2) is 29.2 Å². The second-order valence-electron chi connectivity index (χ2n) is 6.05. The average molecular weight is 324 g/mol. The number of rotatable bonds is 8. The molecule has 0 radical (unpaired) electrons. The number of benzene rings is 1. The van der Waals surface area contributed by atoms with Crippen molar-refractivity contribution in [1.82, 2.24) is 15.1 Å². The molecular formula is C17H29N3OS. The Hall–Kier alpha value is -1.20. The molecule has 5 heteroatoms. The van der Waals surface area contributed by atoms with Gasteiger partial charge in [0.05, 0.1) is 0 Å². The van der Waals surface area contributed by atoms with E-state index < -0.39 is 0 Å². The smallest absolute Gasteiger partial charge is 0.317 e. The van der Waals surface area contributed by atoms with Gasteiger partial charge in [0.15, 0.2) is 0 Å². The second kappa shape index (κ2) is 9.74. The summed E-state index contributed by atoms with van der Waals surface area (Å²) in [6, 6.07) is 8.74. The zero-order valence-electron chi connectivity index (χ0n) is 14.4. The summed E-state index contributed by atoms with van der Waals surface area (Å²) in [6.07, 6.45) is 0.991. The first kappa shape index (κ1) is 18.8. The quantitative estimate of drug-likeness (QED) is 0.590. The molecule has 1 aromatic rings. The van der Waals surface area contributed by atoms with E-state index in [-0.39, 0.29) is 12.1 Å². The van der Waals surface area contributed by atoms with Crippen molar-refractivity contribution in [2.24, 2.45) is 0 Å². The third kappa shape index (κ3) is 7.71. The van der Waals surface area contributed by atoms with Gasteiger partial charge in [0.25, 0.3) is 0 Å². The normalized spacial score (nSPS) is 12.3. The molecule has 0 aromatic heterocycles. The molecule has 124 valence electrons. The molecule has 0 heterocycles. The van der Waals surface area contributed by atoms with Crippen LogP contribution in [0.2, 0.25) is 0 Å². The van der Waals surface area contributed by atoms with Crippen LogP contribution in [0.1, 0.15) is 18.9 Å². The van der Waals surface area contributed by atoms with E-state index in [1.807, 2.05) is 39.8 Å². The summed E-state index contributed by atoms with van der Waals surface area (Å²) in [7, 11) is 5.87. The van der Waals surface area contributed by atoms with Gasteiger partial charge in [-0.2, -0.15) is 0 Å². The van der Waals surface area contributed by atoms with Crippen molar-refractivity contribution in [3.8, 4) is 0 Å². The number of aryl methyl sites for hydroxylation is 1. The maximum Gasteiger partial charge on any atom is 0.317 e. The molecule has 0 saturated carbocycles. The van der Waals surface area contributed by atoms with E-state index in [9.17, 15) is 4.79 Å². The Morgan fingerprint density at radius 2 is 1.86 bits per heavy atom. The van der Waals surface area contributed by atoms with Gasteiger partial charge in [0, 0.05) is 31.1 Å². The summed E-state index contributed by atoms with van der Waals surface area (Å²) in [6.45, 7) is 5.75. The van der Waals surface area contributed by atoms with E-state index in [2.05, 4.69) is 41.4 Å². The van der Waals surface area contributed by atoms with E-state index >= 15 is 0 Å². The fourth-order valence-electron chi connectivity index (χ4n) is 2.14. The summed E-state index contributed by atoms with van der Waals surface area (Å²) in [4.78, 5) is 17.2. The van der Waals surface area contributed by atoms with Crippen LogP contribution in [0.25, 0.3) is 0 Å². The minimum absolute atomic E-state index is 0.00897. The summed E-state index contributed by atoms with van der Waals surface area (Å²) in [5.74, 6) is 1.02. The monoisotopic (exact) mass is 323 g/mol. The first-order valence-electron chi connectivity index (χ1n) is 7.74. The zero-order chi connectivity index (χ0) is 16.5. The van der Waals surface area contributed by atoms with Gasteiger partial charge in [-0.05, 0) is 52.2 Å². The third-order valence-electron chi connectivity index (χ3n) is 3.28. The molecule has 0 aliphatic heterocycles. The highest BCUT2D eigenvalue weighted by atomic mass is 32.2. The molecule has 1 rings (SSSR count). The van der Waals surface area contributed by atoms with Crippen molar-refractivity contribution < 1.29 is 4.79 Å². The summed E-state index contributed by atoms with van der Waals surface area (Å²) in [5.41, 5.74) is 1.28. The molecule has 0 aliphatic rings. The molecule has 0 saturated heterocycles. The molecule has 0 aliphatic carbocycles. The number of nitrogens with one attached hydrogen (secondary N) is 1. The topological polar surface area (TPSA) is 35.6 Å². The Labute approximate surface area is 139 Å². The number of amides is 2. The van der Waals surface area contributed by atoms with Crippen LogP contribution < -0.4 is 5.32 Å². The number of thioether (sulfide) groups is 1. The van der Waals surface area contributed by atoms with Crippen LogP contribution in [-0.2, 0) is 0 Å². The molecule has 0 spiro atoms. The number of carbonyl (C=O) groups excluding carboxylic acids is 1. The van der Waals surface area contributed by atoms with E-state index in [0.29, 0.717) is 0 Å². The van der Waals surface area contributed by atoms with Crippen molar-refractivity contribution in [2.75, 3.05) is 40.0 Å². The van der Waals surface area contributed by atoms with Crippen LogP contribution in [0, 0.1) is 6.92 Å². The first-order valence-corrected chi connectivity index (χ1v) is 8.73. The highest BCUT2D eigenvalue weighted by Crippen LogP contribution is 2.18. The summed E-state index contributed by atoms with van der Waals surface area (Å²) in [5, 5.41) is 3.01. The Balaban J connectivity index is 2.20. The molecule has 2 amide bonds.